The summed E-state index contributed by atoms with van der Waals surface area (Å²) in [4.78, 5) is 23.1. The van der Waals surface area contributed by atoms with Crippen molar-refractivity contribution in [2.24, 2.45) is 0 Å². The van der Waals surface area contributed by atoms with Gasteiger partial charge in [-0.25, -0.2) is 9.59 Å². The molecule has 1 rings (SSSR count). The summed E-state index contributed by atoms with van der Waals surface area (Å²) in [5.41, 5.74) is 0.350. The van der Waals surface area contributed by atoms with E-state index in [1.165, 1.54) is 0 Å². The molecule has 0 saturated carbocycles. The maximum Gasteiger partial charge on any atom is 0.407 e. The quantitative estimate of drug-likeness (QED) is 0.563. The molecule has 6 heteroatoms. The van der Waals surface area contributed by atoms with Crippen LogP contribution in [-0.4, -0.2) is 35.4 Å². The highest BCUT2D eigenvalue weighted by Gasteiger charge is 2.17. The van der Waals surface area contributed by atoms with Gasteiger partial charge in [-0.05, 0) is 45.6 Å². The van der Waals surface area contributed by atoms with Gasteiger partial charge < -0.3 is 19.9 Å². The molecule has 24 heavy (non-hydrogen) atoms. The van der Waals surface area contributed by atoms with Crippen LogP contribution in [0.15, 0.2) is 30.3 Å². The van der Waals surface area contributed by atoms with Gasteiger partial charge in [0.15, 0.2) is 6.10 Å². The Hall–Kier alpha value is -2.08. The molecular weight excluding hydrogens is 310 g/mol. The molecule has 0 aliphatic heterocycles. The Kier molecular flexibility index (Phi) is 8.26. The van der Waals surface area contributed by atoms with E-state index in [1.807, 2.05) is 30.3 Å². The number of nitrogens with one attached hydrogen (secondary N) is 1. The second-order valence-electron chi connectivity index (χ2n) is 6.53. The number of aliphatic hydroxyl groups is 1. The number of hydrogen-bond donors (Lipinski definition) is 2. The minimum atomic E-state index is -1.14. The zero-order valence-electron chi connectivity index (χ0n) is 14.6. The predicted octanol–water partition coefficient (Wildman–Crippen LogP) is 2.79. The molecule has 0 aliphatic carbocycles. The van der Waals surface area contributed by atoms with E-state index in [9.17, 15) is 14.7 Å². The average Bonchev–Trinajstić information content (AvgIpc) is 2.51. The van der Waals surface area contributed by atoms with Gasteiger partial charge in [-0.3, -0.25) is 0 Å². The molecule has 1 amide bonds. The number of amides is 1. The monoisotopic (exact) mass is 337 g/mol. The lowest BCUT2D eigenvalue weighted by Crippen LogP contribution is -2.33. The van der Waals surface area contributed by atoms with Gasteiger partial charge in [0.25, 0.3) is 0 Å². The van der Waals surface area contributed by atoms with Gasteiger partial charge >= 0.3 is 12.1 Å². The highest BCUT2D eigenvalue weighted by Crippen LogP contribution is 2.08. The van der Waals surface area contributed by atoms with Crippen molar-refractivity contribution >= 4 is 12.1 Å². The molecular formula is C18H27NO5. The first-order valence-electron chi connectivity index (χ1n) is 8.13. The van der Waals surface area contributed by atoms with Gasteiger partial charge in [0, 0.05) is 6.54 Å². The fraction of sp³-hybridized carbons (Fsp3) is 0.556. The SMILES string of the molecule is CC(C)(C)OC(=O)NCCCC[C@H](O)C(=O)OCc1ccccc1. The molecule has 0 fully saturated rings. The van der Waals surface area contributed by atoms with Crippen LogP contribution in [0.4, 0.5) is 4.79 Å². The smallest absolute Gasteiger partial charge is 0.407 e. The fourth-order valence-corrected chi connectivity index (χ4v) is 1.91. The van der Waals surface area contributed by atoms with Gasteiger partial charge in [-0.15, -0.1) is 0 Å². The van der Waals surface area contributed by atoms with Crippen molar-refractivity contribution in [2.45, 2.75) is 58.3 Å². The van der Waals surface area contributed by atoms with Crippen LogP contribution in [0.2, 0.25) is 0 Å². The second-order valence-corrected chi connectivity index (χ2v) is 6.53. The van der Waals surface area contributed by atoms with Gasteiger partial charge in [0.05, 0.1) is 0 Å². The van der Waals surface area contributed by atoms with Crippen LogP contribution in [0.1, 0.15) is 45.6 Å². The lowest BCUT2D eigenvalue weighted by molar-refractivity contribution is -0.155. The van der Waals surface area contributed by atoms with Crippen LogP contribution in [0, 0.1) is 0 Å². The van der Waals surface area contributed by atoms with E-state index in [4.69, 9.17) is 9.47 Å². The Morgan fingerprint density at radius 2 is 1.83 bits per heavy atom. The van der Waals surface area contributed by atoms with Gasteiger partial charge in [0.1, 0.15) is 12.2 Å². The summed E-state index contributed by atoms with van der Waals surface area (Å²) in [6.07, 6.45) is -0.0796. The summed E-state index contributed by atoms with van der Waals surface area (Å²) in [6, 6.07) is 9.30. The first kappa shape index (κ1) is 20.0. The third-order valence-corrected chi connectivity index (χ3v) is 3.07. The molecule has 1 aromatic rings. The van der Waals surface area contributed by atoms with Crippen LogP contribution in [0.5, 0.6) is 0 Å². The zero-order valence-corrected chi connectivity index (χ0v) is 14.6. The molecule has 1 atom stereocenters. The van der Waals surface area contributed by atoms with Gasteiger partial charge in [-0.1, -0.05) is 30.3 Å². The average molecular weight is 337 g/mol. The minimum Gasteiger partial charge on any atom is -0.459 e. The number of aliphatic hydroxyl groups excluding tert-OH is 1. The predicted molar refractivity (Wildman–Crippen MR) is 90.3 cm³/mol. The second kappa shape index (κ2) is 9.93. The summed E-state index contributed by atoms with van der Waals surface area (Å²) in [5, 5.41) is 12.4. The molecule has 0 radical (unpaired) electrons. The van der Waals surface area contributed by atoms with E-state index < -0.39 is 23.8 Å². The molecule has 0 heterocycles. The fourth-order valence-electron chi connectivity index (χ4n) is 1.91. The van der Waals surface area contributed by atoms with E-state index >= 15 is 0 Å². The topological polar surface area (TPSA) is 84.9 Å². The van der Waals surface area contributed by atoms with Crippen LogP contribution in [0.25, 0.3) is 0 Å². The van der Waals surface area contributed by atoms with Crippen molar-refractivity contribution < 1.29 is 24.2 Å². The minimum absolute atomic E-state index is 0.150. The summed E-state index contributed by atoms with van der Waals surface area (Å²) in [5.74, 6) is -0.626. The molecule has 0 aliphatic rings. The van der Waals surface area contributed by atoms with Crippen molar-refractivity contribution in [1.29, 1.82) is 0 Å². The molecule has 0 bridgehead atoms. The van der Waals surface area contributed by atoms with E-state index in [0.29, 0.717) is 25.8 Å². The number of ether oxygens (including phenoxy) is 2. The normalized spacial score (nSPS) is 12.3. The molecule has 0 spiro atoms. The Bertz CT molecular complexity index is 510. The maximum atomic E-state index is 11.7. The number of carbonyl (C=O) groups excluding carboxylic acids is 2. The highest BCUT2D eigenvalue weighted by molar-refractivity contribution is 5.74. The van der Waals surface area contributed by atoms with Crippen LogP contribution < -0.4 is 5.32 Å². The number of rotatable bonds is 8. The summed E-state index contributed by atoms with van der Waals surface area (Å²) >= 11 is 0. The maximum absolute atomic E-state index is 11.7. The lowest BCUT2D eigenvalue weighted by atomic mass is 10.1. The molecule has 0 unspecified atom stereocenters. The zero-order chi connectivity index (χ0) is 18.0. The van der Waals surface area contributed by atoms with Gasteiger partial charge in [0.2, 0.25) is 0 Å². The number of benzene rings is 1. The number of unbranched alkanes of at least 4 members (excludes halogenated alkanes) is 1. The first-order valence-corrected chi connectivity index (χ1v) is 8.13. The van der Waals surface area contributed by atoms with Crippen molar-refractivity contribution in [3.05, 3.63) is 35.9 Å². The lowest BCUT2D eigenvalue weighted by Gasteiger charge is -2.19. The number of hydrogen-bond acceptors (Lipinski definition) is 5. The molecule has 1 aromatic carbocycles. The molecule has 2 N–H and O–H groups in total. The van der Waals surface area contributed by atoms with E-state index in [1.54, 1.807) is 20.8 Å². The number of carbonyl (C=O) groups is 2. The standard InChI is InChI=1S/C18H27NO5/c1-18(2,3)24-17(22)19-12-8-7-11-15(20)16(21)23-13-14-9-5-4-6-10-14/h4-6,9-10,15,20H,7-8,11-13H2,1-3H3,(H,19,22)/t15-/m0/s1. The summed E-state index contributed by atoms with van der Waals surface area (Å²) < 4.78 is 10.2. The third kappa shape index (κ3) is 9.15. The van der Waals surface area contributed by atoms with E-state index in [2.05, 4.69) is 5.32 Å². The Morgan fingerprint density at radius 3 is 2.46 bits per heavy atom. The van der Waals surface area contributed by atoms with Crippen LogP contribution in [0.3, 0.4) is 0 Å². The molecule has 134 valence electrons. The number of esters is 1. The van der Waals surface area contributed by atoms with E-state index in [-0.39, 0.29) is 6.61 Å². The van der Waals surface area contributed by atoms with Crippen LogP contribution in [-0.2, 0) is 20.9 Å². The largest absolute Gasteiger partial charge is 0.459 e. The molecule has 6 nitrogen and oxygen atoms in total. The summed E-state index contributed by atoms with van der Waals surface area (Å²) in [6.45, 7) is 5.97. The van der Waals surface area contributed by atoms with Crippen LogP contribution >= 0.6 is 0 Å². The van der Waals surface area contributed by atoms with Crippen molar-refractivity contribution in [3.8, 4) is 0 Å². The highest BCUT2D eigenvalue weighted by atomic mass is 16.6. The Balaban J connectivity index is 2.11. The number of alkyl carbamates (subject to hydrolysis) is 1. The van der Waals surface area contributed by atoms with Crippen molar-refractivity contribution in [1.82, 2.24) is 5.32 Å². The third-order valence-electron chi connectivity index (χ3n) is 3.07. The summed E-state index contributed by atoms with van der Waals surface area (Å²) in [7, 11) is 0. The van der Waals surface area contributed by atoms with Gasteiger partial charge in [-0.2, -0.15) is 0 Å². The molecule has 0 aromatic heterocycles. The first-order chi connectivity index (χ1) is 11.3. The molecule has 0 saturated heterocycles. The Morgan fingerprint density at radius 1 is 1.17 bits per heavy atom. The van der Waals surface area contributed by atoms with Crippen molar-refractivity contribution in [3.63, 3.8) is 0 Å². The van der Waals surface area contributed by atoms with Crippen molar-refractivity contribution in [2.75, 3.05) is 6.54 Å². The van der Waals surface area contributed by atoms with E-state index in [0.717, 1.165) is 5.56 Å². The Labute approximate surface area is 143 Å².